The van der Waals surface area contributed by atoms with Gasteiger partial charge in [0.25, 0.3) is 5.69 Å². The molecule has 0 saturated heterocycles. The summed E-state index contributed by atoms with van der Waals surface area (Å²) in [7, 11) is 0. The highest BCUT2D eigenvalue weighted by Crippen LogP contribution is 2.38. The number of nitrogens with one attached hydrogen (secondary N) is 1. The largest absolute Gasteiger partial charge is 0.397 e. The van der Waals surface area contributed by atoms with Crippen LogP contribution in [-0.2, 0) is 0 Å². The van der Waals surface area contributed by atoms with Crippen molar-refractivity contribution in [1.29, 1.82) is 0 Å². The first-order valence-corrected chi connectivity index (χ1v) is 6.89. The highest BCUT2D eigenvalue weighted by Gasteiger charge is 2.12. The first kappa shape index (κ1) is 14.9. The Morgan fingerprint density at radius 2 is 1.80 bits per heavy atom. The molecule has 0 bridgehead atoms. The van der Waals surface area contributed by atoms with Crippen LogP contribution in [0.25, 0.3) is 0 Å². The van der Waals surface area contributed by atoms with Crippen molar-refractivity contribution in [3.63, 3.8) is 0 Å². The molecule has 5 nitrogen and oxygen atoms in total. The first-order valence-electron chi connectivity index (χ1n) is 5.34. The van der Waals surface area contributed by atoms with Gasteiger partial charge in [0.05, 0.1) is 32.0 Å². The van der Waals surface area contributed by atoms with Crippen molar-refractivity contribution >= 4 is 61.9 Å². The zero-order valence-electron chi connectivity index (χ0n) is 9.86. The van der Waals surface area contributed by atoms with Gasteiger partial charge in [0.15, 0.2) is 0 Å². The van der Waals surface area contributed by atoms with Crippen molar-refractivity contribution in [3.8, 4) is 0 Å². The van der Waals surface area contributed by atoms with Crippen LogP contribution in [0.3, 0.4) is 0 Å². The van der Waals surface area contributed by atoms with E-state index in [1.54, 1.807) is 12.1 Å². The number of rotatable bonds is 3. The van der Waals surface area contributed by atoms with E-state index in [1.165, 1.54) is 18.2 Å². The van der Waals surface area contributed by atoms with Crippen LogP contribution in [0.15, 0.2) is 34.8 Å². The summed E-state index contributed by atoms with van der Waals surface area (Å²) in [6.07, 6.45) is 0. The molecule has 3 N–H and O–H groups in total. The topological polar surface area (TPSA) is 81.2 Å². The van der Waals surface area contributed by atoms with Crippen LogP contribution >= 0.6 is 39.1 Å². The van der Waals surface area contributed by atoms with E-state index in [-0.39, 0.29) is 11.4 Å². The number of nitro benzene ring substituents is 1. The van der Waals surface area contributed by atoms with Gasteiger partial charge in [-0.2, -0.15) is 0 Å². The Morgan fingerprint density at radius 3 is 2.40 bits per heavy atom. The minimum atomic E-state index is -0.510. The fourth-order valence-corrected chi connectivity index (χ4v) is 2.37. The molecule has 2 rings (SSSR count). The first-order chi connectivity index (χ1) is 9.40. The lowest BCUT2D eigenvalue weighted by Crippen LogP contribution is -1.98. The molecule has 8 heteroatoms. The van der Waals surface area contributed by atoms with Gasteiger partial charge in [0, 0.05) is 16.6 Å². The van der Waals surface area contributed by atoms with Crippen molar-refractivity contribution in [2.24, 2.45) is 0 Å². The van der Waals surface area contributed by atoms with Gasteiger partial charge in [0.1, 0.15) is 0 Å². The van der Waals surface area contributed by atoms with E-state index >= 15 is 0 Å². The third kappa shape index (κ3) is 2.98. The van der Waals surface area contributed by atoms with Crippen LogP contribution in [0.2, 0.25) is 10.0 Å². The van der Waals surface area contributed by atoms with E-state index in [4.69, 9.17) is 28.9 Å². The number of hydrogen-bond donors (Lipinski definition) is 2. The van der Waals surface area contributed by atoms with Crippen molar-refractivity contribution in [2.45, 2.75) is 0 Å². The van der Waals surface area contributed by atoms with E-state index in [1.807, 2.05) is 0 Å². The van der Waals surface area contributed by atoms with E-state index in [9.17, 15) is 10.1 Å². The summed E-state index contributed by atoms with van der Waals surface area (Å²) in [6, 6.07) is 7.60. The zero-order chi connectivity index (χ0) is 14.9. The summed E-state index contributed by atoms with van der Waals surface area (Å²) in [5.74, 6) is 0. The Balaban J connectivity index is 2.36. The lowest BCUT2D eigenvalue weighted by molar-refractivity contribution is -0.384. The third-order valence-electron chi connectivity index (χ3n) is 2.55. The molecule has 2 aromatic carbocycles. The smallest absolute Gasteiger partial charge is 0.271 e. The predicted octanol–water partition coefficient (Wildman–Crippen LogP) is 4.99. The minimum absolute atomic E-state index is 0.0759. The van der Waals surface area contributed by atoms with Crippen LogP contribution < -0.4 is 11.1 Å². The Morgan fingerprint density at radius 1 is 1.15 bits per heavy atom. The Kier molecular flexibility index (Phi) is 4.37. The lowest BCUT2D eigenvalue weighted by atomic mass is 10.2. The number of nitrogens with two attached hydrogens (primary N) is 1. The normalized spacial score (nSPS) is 10.3. The molecule has 2 aromatic rings. The molecule has 0 aliphatic rings. The molecule has 20 heavy (non-hydrogen) atoms. The average molecular weight is 377 g/mol. The Bertz CT molecular complexity index is 695. The van der Waals surface area contributed by atoms with Gasteiger partial charge in [-0.15, -0.1) is 0 Å². The van der Waals surface area contributed by atoms with Crippen molar-refractivity contribution < 1.29 is 4.92 Å². The number of nitrogen functional groups attached to an aromatic ring is 1. The van der Waals surface area contributed by atoms with E-state index in [0.717, 1.165) is 0 Å². The van der Waals surface area contributed by atoms with Crippen LogP contribution in [0.4, 0.5) is 22.7 Å². The molecule has 0 aliphatic heterocycles. The second kappa shape index (κ2) is 5.87. The summed E-state index contributed by atoms with van der Waals surface area (Å²) < 4.78 is 0.673. The van der Waals surface area contributed by atoms with Crippen LogP contribution in [0.1, 0.15) is 0 Å². The summed E-state index contributed by atoms with van der Waals surface area (Å²) in [5.41, 5.74) is 7.01. The summed E-state index contributed by atoms with van der Waals surface area (Å²) >= 11 is 15.4. The Labute approximate surface area is 133 Å². The maximum absolute atomic E-state index is 10.6. The quantitative estimate of drug-likeness (QED) is 0.342. The van der Waals surface area contributed by atoms with Crippen molar-refractivity contribution in [2.75, 3.05) is 11.1 Å². The second-order valence-electron chi connectivity index (χ2n) is 3.88. The molecule has 104 valence electrons. The number of nitrogens with zero attached hydrogens (tertiary/aromatic N) is 1. The van der Waals surface area contributed by atoms with E-state index < -0.39 is 4.92 Å². The standard InChI is InChI=1S/C12H8BrCl2N3O2/c13-7-2-4-10(12(15)11(7)14)17-9-3-1-6(18(19)20)5-8(9)16/h1-5,17H,16H2. The van der Waals surface area contributed by atoms with Gasteiger partial charge < -0.3 is 11.1 Å². The van der Waals surface area contributed by atoms with Crippen LogP contribution in [-0.4, -0.2) is 4.92 Å². The molecule has 0 atom stereocenters. The fourth-order valence-electron chi connectivity index (χ4n) is 1.55. The molecule has 0 radical (unpaired) electrons. The monoisotopic (exact) mass is 375 g/mol. The number of non-ortho nitro benzene ring substituents is 1. The second-order valence-corrected chi connectivity index (χ2v) is 5.49. The minimum Gasteiger partial charge on any atom is -0.397 e. The summed E-state index contributed by atoms with van der Waals surface area (Å²) in [4.78, 5) is 10.1. The zero-order valence-corrected chi connectivity index (χ0v) is 13.0. The molecule has 0 heterocycles. The molecule has 0 fully saturated rings. The van der Waals surface area contributed by atoms with Gasteiger partial charge >= 0.3 is 0 Å². The fraction of sp³-hybridized carbons (Fsp3) is 0. The van der Waals surface area contributed by atoms with Gasteiger partial charge in [-0.25, -0.2) is 0 Å². The van der Waals surface area contributed by atoms with E-state index in [0.29, 0.717) is 25.9 Å². The predicted molar refractivity (Wildman–Crippen MR) is 85.0 cm³/mol. The molecule has 0 amide bonds. The van der Waals surface area contributed by atoms with Gasteiger partial charge in [-0.1, -0.05) is 23.2 Å². The van der Waals surface area contributed by atoms with Gasteiger partial charge in [-0.05, 0) is 34.1 Å². The SMILES string of the molecule is Nc1cc([N+](=O)[O-])ccc1Nc1ccc(Br)c(Cl)c1Cl. The van der Waals surface area contributed by atoms with Crippen molar-refractivity contribution in [3.05, 3.63) is 55.0 Å². The molecule has 0 spiro atoms. The number of anilines is 3. The number of halogens is 3. The summed E-state index contributed by atoms with van der Waals surface area (Å²) in [5, 5.41) is 14.3. The van der Waals surface area contributed by atoms with Crippen LogP contribution in [0, 0.1) is 10.1 Å². The molecular formula is C12H8BrCl2N3O2. The molecule has 0 aromatic heterocycles. The number of nitro groups is 1. The van der Waals surface area contributed by atoms with Crippen LogP contribution in [0.5, 0.6) is 0 Å². The molecular weight excluding hydrogens is 369 g/mol. The maximum atomic E-state index is 10.6. The highest BCUT2D eigenvalue weighted by molar-refractivity contribution is 9.10. The molecule has 0 saturated carbocycles. The number of hydrogen-bond acceptors (Lipinski definition) is 4. The molecule has 0 aliphatic carbocycles. The Hall–Kier alpha value is -1.50. The lowest BCUT2D eigenvalue weighted by Gasteiger charge is -2.12. The maximum Gasteiger partial charge on any atom is 0.271 e. The van der Waals surface area contributed by atoms with Crippen molar-refractivity contribution in [1.82, 2.24) is 0 Å². The van der Waals surface area contributed by atoms with Gasteiger partial charge in [-0.3, -0.25) is 10.1 Å². The molecule has 0 unspecified atom stereocenters. The third-order valence-corrected chi connectivity index (χ3v) is 4.32. The van der Waals surface area contributed by atoms with E-state index in [2.05, 4.69) is 21.2 Å². The van der Waals surface area contributed by atoms with Gasteiger partial charge in [0.2, 0.25) is 0 Å². The number of benzene rings is 2. The average Bonchev–Trinajstić information content (AvgIpc) is 2.41. The highest BCUT2D eigenvalue weighted by atomic mass is 79.9. The summed E-state index contributed by atoms with van der Waals surface area (Å²) in [6.45, 7) is 0.